The van der Waals surface area contributed by atoms with Gasteiger partial charge in [0.15, 0.2) is 6.61 Å². The van der Waals surface area contributed by atoms with Gasteiger partial charge in [-0.15, -0.1) is 0 Å². The van der Waals surface area contributed by atoms with E-state index in [1.54, 1.807) is 0 Å². The van der Waals surface area contributed by atoms with Gasteiger partial charge in [-0.2, -0.15) is 0 Å². The number of ether oxygens (including phenoxy) is 1. The molecule has 10 heteroatoms. The first-order valence-electron chi connectivity index (χ1n) is 7.57. The number of rotatable bonds is 9. The van der Waals surface area contributed by atoms with Gasteiger partial charge >= 0.3 is 0 Å². The van der Waals surface area contributed by atoms with Crippen LogP contribution >= 0.6 is 11.6 Å². The van der Waals surface area contributed by atoms with Gasteiger partial charge in [0.25, 0.3) is 5.91 Å². The van der Waals surface area contributed by atoms with E-state index in [4.69, 9.17) is 16.3 Å². The first kappa shape index (κ1) is 21.2. The summed E-state index contributed by atoms with van der Waals surface area (Å²) < 4.78 is 31.9. The van der Waals surface area contributed by atoms with Crippen LogP contribution in [-0.2, 0) is 19.6 Å². The van der Waals surface area contributed by atoms with Gasteiger partial charge < -0.3 is 15.4 Å². The van der Waals surface area contributed by atoms with Gasteiger partial charge in [-0.05, 0) is 32.0 Å². The van der Waals surface area contributed by atoms with E-state index < -0.39 is 10.0 Å². The second-order valence-corrected chi connectivity index (χ2v) is 7.60. The molecule has 0 bridgehead atoms. The number of carbonyl (C=O) groups is 2. The third kappa shape index (κ3) is 7.29. The average molecular weight is 392 g/mol. The minimum atomic E-state index is -3.81. The highest BCUT2D eigenvalue weighted by Gasteiger charge is 2.17. The highest BCUT2D eigenvalue weighted by molar-refractivity contribution is 7.89. The van der Waals surface area contributed by atoms with Crippen LogP contribution in [0.4, 0.5) is 0 Å². The topological polar surface area (TPSA) is 114 Å². The lowest BCUT2D eigenvalue weighted by molar-refractivity contribution is -0.123. The number of halogens is 1. The zero-order valence-electron chi connectivity index (χ0n) is 14.3. The van der Waals surface area contributed by atoms with Crippen LogP contribution in [0.15, 0.2) is 23.1 Å². The maximum atomic E-state index is 12.2. The first-order valence-corrected chi connectivity index (χ1v) is 9.43. The molecule has 0 radical (unpaired) electrons. The summed E-state index contributed by atoms with van der Waals surface area (Å²) in [7, 11) is -2.34. The molecular weight excluding hydrogens is 370 g/mol. The highest BCUT2D eigenvalue weighted by atomic mass is 35.5. The van der Waals surface area contributed by atoms with E-state index in [9.17, 15) is 18.0 Å². The van der Waals surface area contributed by atoms with Crippen molar-refractivity contribution in [3.8, 4) is 5.75 Å². The quantitative estimate of drug-likeness (QED) is 0.572. The van der Waals surface area contributed by atoms with Crippen LogP contribution in [0.3, 0.4) is 0 Å². The molecule has 25 heavy (non-hydrogen) atoms. The van der Waals surface area contributed by atoms with Crippen LogP contribution in [-0.4, -0.2) is 46.5 Å². The molecule has 0 aliphatic carbocycles. The van der Waals surface area contributed by atoms with Gasteiger partial charge in [-0.1, -0.05) is 11.6 Å². The van der Waals surface area contributed by atoms with Crippen LogP contribution in [0.5, 0.6) is 5.75 Å². The van der Waals surface area contributed by atoms with Gasteiger partial charge in [0.2, 0.25) is 15.9 Å². The minimum absolute atomic E-state index is 0.00903. The third-order valence-electron chi connectivity index (χ3n) is 2.95. The number of sulfonamides is 1. The monoisotopic (exact) mass is 391 g/mol. The van der Waals surface area contributed by atoms with Crippen LogP contribution in [0, 0.1) is 0 Å². The summed E-state index contributed by atoms with van der Waals surface area (Å²) in [6.45, 7) is 3.37. The second kappa shape index (κ2) is 9.59. The maximum Gasteiger partial charge on any atom is 0.257 e. The molecule has 140 valence electrons. The van der Waals surface area contributed by atoms with Gasteiger partial charge in [0.05, 0.1) is 9.92 Å². The molecule has 0 aliphatic rings. The average Bonchev–Trinajstić information content (AvgIpc) is 2.52. The number of carbonyl (C=O) groups excluding carboxylic acids is 2. The van der Waals surface area contributed by atoms with E-state index in [1.165, 1.54) is 25.2 Å². The summed E-state index contributed by atoms with van der Waals surface area (Å²) >= 11 is 5.99. The summed E-state index contributed by atoms with van der Waals surface area (Å²) in [5, 5.41) is 5.12. The minimum Gasteiger partial charge on any atom is -0.482 e. The van der Waals surface area contributed by atoms with Crippen molar-refractivity contribution in [3.05, 3.63) is 23.2 Å². The zero-order chi connectivity index (χ0) is 19.0. The molecule has 0 saturated heterocycles. The Morgan fingerprint density at radius 2 is 1.92 bits per heavy atom. The Labute approximate surface area is 152 Å². The lowest BCUT2D eigenvalue weighted by atomic mass is 10.3. The van der Waals surface area contributed by atoms with E-state index >= 15 is 0 Å². The van der Waals surface area contributed by atoms with Crippen LogP contribution in [0.2, 0.25) is 5.02 Å². The van der Waals surface area contributed by atoms with Crippen molar-refractivity contribution < 1.29 is 22.7 Å². The Balaban J connectivity index is 2.68. The molecule has 0 aromatic heterocycles. The molecule has 1 aromatic carbocycles. The molecule has 0 aliphatic heterocycles. The molecular formula is C15H22ClN3O5S. The summed E-state index contributed by atoms with van der Waals surface area (Å²) in [6, 6.07) is 3.88. The number of hydrogen-bond acceptors (Lipinski definition) is 5. The summed E-state index contributed by atoms with van der Waals surface area (Å²) in [5.74, 6) is -0.386. The van der Waals surface area contributed by atoms with E-state index in [0.29, 0.717) is 0 Å². The van der Waals surface area contributed by atoms with Crippen molar-refractivity contribution in [3.63, 3.8) is 0 Å². The fraction of sp³-hybridized carbons (Fsp3) is 0.467. The smallest absolute Gasteiger partial charge is 0.257 e. The second-order valence-electron chi connectivity index (χ2n) is 5.42. The molecule has 0 fully saturated rings. The number of nitrogens with one attached hydrogen (secondary N) is 3. The fourth-order valence-corrected chi connectivity index (χ4v) is 3.12. The lowest BCUT2D eigenvalue weighted by Crippen LogP contribution is -2.34. The maximum absolute atomic E-state index is 12.2. The Kier molecular flexibility index (Phi) is 8.14. The molecule has 0 atom stereocenters. The predicted octanol–water partition coefficient (Wildman–Crippen LogP) is 0.658. The van der Waals surface area contributed by atoms with Gasteiger partial charge in [0, 0.05) is 26.1 Å². The first-order chi connectivity index (χ1) is 11.7. The van der Waals surface area contributed by atoms with Crippen molar-refractivity contribution in [2.75, 3.05) is 20.2 Å². The van der Waals surface area contributed by atoms with Crippen molar-refractivity contribution in [1.29, 1.82) is 0 Å². The molecule has 1 aromatic rings. The SMILES string of the molecule is CNC(=O)COc1ccc(S(=O)(=O)NCCC(=O)NC(C)C)cc1Cl. The Bertz CT molecular complexity index is 722. The summed E-state index contributed by atoms with van der Waals surface area (Å²) in [4.78, 5) is 22.6. The lowest BCUT2D eigenvalue weighted by Gasteiger charge is -2.11. The molecule has 0 spiro atoms. The summed E-state index contributed by atoms with van der Waals surface area (Å²) in [6.07, 6.45) is 0.0263. The predicted molar refractivity (Wildman–Crippen MR) is 94.1 cm³/mol. The molecule has 0 saturated carbocycles. The standard InChI is InChI=1S/C15H22ClN3O5S/c1-10(2)19-14(20)6-7-18-25(22,23)11-4-5-13(12(16)8-11)24-9-15(21)17-3/h4-5,8,10,18H,6-7,9H2,1-3H3,(H,17,21)(H,19,20). The van der Waals surface area contributed by atoms with Crippen molar-refractivity contribution in [1.82, 2.24) is 15.4 Å². The van der Waals surface area contributed by atoms with Crippen molar-refractivity contribution in [2.45, 2.75) is 31.2 Å². The van der Waals surface area contributed by atoms with Crippen LogP contribution in [0.25, 0.3) is 0 Å². The van der Waals surface area contributed by atoms with Crippen molar-refractivity contribution >= 4 is 33.4 Å². The Hall–Kier alpha value is -1.84. The zero-order valence-corrected chi connectivity index (χ0v) is 15.8. The number of benzene rings is 1. The largest absolute Gasteiger partial charge is 0.482 e. The van der Waals surface area contributed by atoms with Gasteiger partial charge in [-0.3, -0.25) is 9.59 Å². The van der Waals surface area contributed by atoms with E-state index in [0.717, 1.165) is 0 Å². The number of likely N-dealkylation sites (N-methyl/N-ethyl adjacent to an activating group) is 1. The van der Waals surface area contributed by atoms with Crippen molar-refractivity contribution in [2.24, 2.45) is 0 Å². The van der Waals surface area contributed by atoms with E-state index in [2.05, 4.69) is 15.4 Å². The number of amides is 2. The molecule has 2 amide bonds. The molecule has 0 unspecified atom stereocenters. The Morgan fingerprint density at radius 3 is 2.48 bits per heavy atom. The highest BCUT2D eigenvalue weighted by Crippen LogP contribution is 2.27. The molecule has 0 heterocycles. The van der Waals surface area contributed by atoms with Gasteiger partial charge in [0.1, 0.15) is 5.75 Å². The normalized spacial score (nSPS) is 11.2. The van der Waals surface area contributed by atoms with Crippen LogP contribution in [0.1, 0.15) is 20.3 Å². The fourth-order valence-electron chi connectivity index (χ4n) is 1.76. The molecule has 3 N–H and O–H groups in total. The number of hydrogen-bond donors (Lipinski definition) is 3. The van der Waals surface area contributed by atoms with E-state index in [1.807, 2.05) is 13.8 Å². The summed E-state index contributed by atoms with van der Waals surface area (Å²) in [5.41, 5.74) is 0. The molecule has 1 rings (SSSR count). The van der Waals surface area contributed by atoms with Crippen LogP contribution < -0.4 is 20.1 Å². The molecule has 8 nitrogen and oxygen atoms in total. The van der Waals surface area contributed by atoms with E-state index in [-0.39, 0.29) is 53.1 Å². The Morgan fingerprint density at radius 1 is 1.24 bits per heavy atom. The third-order valence-corrected chi connectivity index (χ3v) is 4.70. The van der Waals surface area contributed by atoms with Gasteiger partial charge in [-0.25, -0.2) is 13.1 Å².